The molecular weight excluding hydrogens is 308 g/mol. The summed E-state index contributed by atoms with van der Waals surface area (Å²) in [6.45, 7) is 3.45. The first kappa shape index (κ1) is 16.6. The molecule has 128 valence electrons. The third kappa shape index (κ3) is 3.48. The second kappa shape index (κ2) is 7.13. The van der Waals surface area contributed by atoms with Gasteiger partial charge in [-0.3, -0.25) is 19.3 Å². The maximum absolute atomic E-state index is 12.3. The van der Waals surface area contributed by atoms with Gasteiger partial charge in [-0.2, -0.15) is 0 Å². The SMILES string of the molecule is Cc1ccc2c(c1)C(=O)N(CCCC(=O)NCC1CCCO1)C2=O. The highest BCUT2D eigenvalue weighted by molar-refractivity contribution is 6.21. The lowest BCUT2D eigenvalue weighted by atomic mass is 10.1. The van der Waals surface area contributed by atoms with Gasteiger partial charge in [-0.15, -0.1) is 0 Å². The van der Waals surface area contributed by atoms with Crippen molar-refractivity contribution in [2.45, 2.75) is 38.7 Å². The second-order valence-electron chi connectivity index (χ2n) is 6.35. The molecule has 1 fully saturated rings. The molecule has 24 heavy (non-hydrogen) atoms. The molecule has 1 unspecified atom stereocenters. The largest absolute Gasteiger partial charge is 0.376 e. The molecule has 0 spiro atoms. The van der Waals surface area contributed by atoms with Crippen molar-refractivity contribution in [3.63, 3.8) is 0 Å². The lowest BCUT2D eigenvalue weighted by molar-refractivity contribution is -0.121. The van der Waals surface area contributed by atoms with Gasteiger partial charge in [0.05, 0.1) is 17.2 Å². The number of carbonyl (C=O) groups is 3. The maximum atomic E-state index is 12.3. The van der Waals surface area contributed by atoms with Gasteiger partial charge in [0.25, 0.3) is 11.8 Å². The highest BCUT2D eigenvalue weighted by Gasteiger charge is 2.34. The number of hydrogen-bond acceptors (Lipinski definition) is 4. The number of amides is 3. The van der Waals surface area contributed by atoms with Crippen molar-refractivity contribution in [3.8, 4) is 0 Å². The van der Waals surface area contributed by atoms with E-state index >= 15 is 0 Å². The number of rotatable bonds is 6. The van der Waals surface area contributed by atoms with Crippen LogP contribution in [0.2, 0.25) is 0 Å². The zero-order valence-electron chi connectivity index (χ0n) is 13.8. The summed E-state index contributed by atoms with van der Waals surface area (Å²) >= 11 is 0. The summed E-state index contributed by atoms with van der Waals surface area (Å²) in [5, 5.41) is 2.84. The molecule has 0 radical (unpaired) electrons. The van der Waals surface area contributed by atoms with Crippen molar-refractivity contribution in [1.29, 1.82) is 0 Å². The summed E-state index contributed by atoms with van der Waals surface area (Å²) in [7, 11) is 0. The number of carbonyl (C=O) groups excluding carboxylic acids is 3. The standard InChI is InChI=1S/C18H22N2O4/c1-12-6-7-14-15(10-12)18(23)20(17(14)22)8-2-5-16(21)19-11-13-4-3-9-24-13/h6-7,10,13H,2-5,8-9,11H2,1H3,(H,19,21). The molecule has 0 aromatic heterocycles. The van der Waals surface area contributed by atoms with Gasteiger partial charge in [0, 0.05) is 26.1 Å². The van der Waals surface area contributed by atoms with Crippen LogP contribution in [0.15, 0.2) is 18.2 Å². The number of fused-ring (bicyclic) bond motifs is 1. The highest BCUT2D eigenvalue weighted by Crippen LogP contribution is 2.24. The summed E-state index contributed by atoms with van der Waals surface area (Å²) in [4.78, 5) is 37.7. The van der Waals surface area contributed by atoms with Crippen molar-refractivity contribution in [1.82, 2.24) is 10.2 Å². The van der Waals surface area contributed by atoms with Gasteiger partial charge < -0.3 is 10.1 Å². The zero-order valence-corrected chi connectivity index (χ0v) is 13.8. The van der Waals surface area contributed by atoms with Gasteiger partial charge in [0.1, 0.15) is 0 Å². The third-order valence-corrected chi connectivity index (χ3v) is 4.46. The Morgan fingerprint density at radius 1 is 1.29 bits per heavy atom. The number of ether oxygens (including phenoxy) is 1. The monoisotopic (exact) mass is 330 g/mol. The van der Waals surface area contributed by atoms with Gasteiger partial charge in [-0.1, -0.05) is 11.6 Å². The molecule has 3 amide bonds. The Kier molecular flexibility index (Phi) is 4.94. The van der Waals surface area contributed by atoms with Crippen LogP contribution in [-0.4, -0.2) is 48.4 Å². The summed E-state index contributed by atoms with van der Waals surface area (Å²) < 4.78 is 5.45. The summed E-state index contributed by atoms with van der Waals surface area (Å²) in [5.74, 6) is -0.605. The van der Waals surface area contributed by atoms with Crippen LogP contribution in [0.3, 0.4) is 0 Å². The Bertz CT molecular complexity index is 665. The first-order valence-electron chi connectivity index (χ1n) is 8.41. The molecule has 6 heteroatoms. The molecule has 2 aliphatic heterocycles. The molecule has 3 rings (SSSR count). The minimum absolute atomic E-state index is 0.0713. The van der Waals surface area contributed by atoms with Crippen LogP contribution in [0.4, 0.5) is 0 Å². The van der Waals surface area contributed by atoms with E-state index in [1.165, 1.54) is 4.90 Å². The Morgan fingerprint density at radius 3 is 2.83 bits per heavy atom. The highest BCUT2D eigenvalue weighted by atomic mass is 16.5. The van der Waals surface area contributed by atoms with Gasteiger partial charge >= 0.3 is 0 Å². The third-order valence-electron chi connectivity index (χ3n) is 4.46. The fourth-order valence-electron chi connectivity index (χ4n) is 3.13. The number of aryl methyl sites for hydroxylation is 1. The smallest absolute Gasteiger partial charge is 0.261 e. The minimum atomic E-state index is -0.269. The van der Waals surface area contributed by atoms with E-state index in [4.69, 9.17) is 4.74 Å². The van der Waals surface area contributed by atoms with E-state index in [0.717, 1.165) is 25.0 Å². The molecule has 1 aromatic carbocycles. The molecule has 1 saturated heterocycles. The van der Waals surface area contributed by atoms with Crippen LogP contribution in [0.1, 0.15) is 52.0 Å². The first-order chi connectivity index (χ1) is 11.6. The summed E-state index contributed by atoms with van der Waals surface area (Å²) in [6.07, 6.45) is 2.89. The second-order valence-corrected chi connectivity index (χ2v) is 6.35. The van der Waals surface area contributed by atoms with Crippen LogP contribution < -0.4 is 5.32 Å². The first-order valence-corrected chi connectivity index (χ1v) is 8.41. The molecule has 0 aliphatic carbocycles. The molecule has 1 atom stereocenters. The average Bonchev–Trinajstić information content (AvgIpc) is 3.16. The fraction of sp³-hybridized carbons (Fsp3) is 0.500. The number of nitrogens with one attached hydrogen (secondary N) is 1. The Morgan fingerprint density at radius 2 is 2.08 bits per heavy atom. The Balaban J connectivity index is 1.46. The molecule has 6 nitrogen and oxygen atoms in total. The van der Waals surface area contributed by atoms with Crippen molar-refractivity contribution >= 4 is 17.7 Å². The predicted octanol–water partition coefficient (Wildman–Crippen LogP) is 1.67. The number of nitrogens with zero attached hydrogens (tertiary/aromatic N) is 1. The minimum Gasteiger partial charge on any atom is -0.376 e. The van der Waals surface area contributed by atoms with E-state index in [0.29, 0.717) is 30.5 Å². The molecule has 2 aliphatic rings. The van der Waals surface area contributed by atoms with Crippen LogP contribution >= 0.6 is 0 Å². The quantitative estimate of drug-likeness (QED) is 0.805. The van der Waals surface area contributed by atoms with Gasteiger partial charge in [-0.25, -0.2) is 0 Å². The molecule has 0 bridgehead atoms. The molecular formula is C18H22N2O4. The molecule has 1 N–H and O–H groups in total. The number of imide groups is 1. The Labute approximate surface area is 141 Å². The lowest BCUT2D eigenvalue weighted by Crippen LogP contribution is -2.34. The van der Waals surface area contributed by atoms with E-state index in [2.05, 4.69) is 5.32 Å². The van der Waals surface area contributed by atoms with E-state index in [1.807, 2.05) is 13.0 Å². The fourth-order valence-corrected chi connectivity index (χ4v) is 3.13. The van der Waals surface area contributed by atoms with E-state index in [9.17, 15) is 14.4 Å². The van der Waals surface area contributed by atoms with E-state index in [-0.39, 0.29) is 30.4 Å². The zero-order chi connectivity index (χ0) is 17.1. The lowest BCUT2D eigenvalue weighted by Gasteiger charge is -2.14. The van der Waals surface area contributed by atoms with Crippen LogP contribution in [0, 0.1) is 6.92 Å². The van der Waals surface area contributed by atoms with Crippen molar-refractivity contribution in [3.05, 3.63) is 34.9 Å². The predicted molar refractivity (Wildman–Crippen MR) is 87.8 cm³/mol. The normalized spacial score (nSPS) is 19.7. The maximum Gasteiger partial charge on any atom is 0.261 e. The van der Waals surface area contributed by atoms with Crippen LogP contribution in [0.5, 0.6) is 0 Å². The van der Waals surface area contributed by atoms with Gasteiger partial charge in [0.2, 0.25) is 5.91 Å². The molecule has 0 saturated carbocycles. The van der Waals surface area contributed by atoms with Crippen molar-refractivity contribution in [2.24, 2.45) is 0 Å². The van der Waals surface area contributed by atoms with E-state index < -0.39 is 0 Å². The number of benzene rings is 1. The Hall–Kier alpha value is -2.21. The van der Waals surface area contributed by atoms with Crippen molar-refractivity contribution in [2.75, 3.05) is 19.7 Å². The summed E-state index contributed by atoms with van der Waals surface area (Å²) in [6, 6.07) is 5.26. The van der Waals surface area contributed by atoms with Gasteiger partial charge in [-0.05, 0) is 38.3 Å². The van der Waals surface area contributed by atoms with E-state index in [1.54, 1.807) is 12.1 Å². The molecule has 1 aromatic rings. The van der Waals surface area contributed by atoms with Crippen LogP contribution in [0.25, 0.3) is 0 Å². The van der Waals surface area contributed by atoms with Crippen molar-refractivity contribution < 1.29 is 19.1 Å². The summed E-state index contributed by atoms with van der Waals surface area (Å²) in [5.41, 5.74) is 1.86. The number of hydrogen-bond donors (Lipinski definition) is 1. The van der Waals surface area contributed by atoms with Gasteiger partial charge in [0.15, 0.2) is 0 Å². The topological polar surface area (TPSA) is 75.7 Å². The average molecular weight is 330 g/mol. The molecule has 2 heterocycles. The van der Waals surface area contributed by atoms with Crippen LogP contribution in [-0.2, 0) is 9.53 Å².